The number of amides is 1. The van der Waals surface area contributed by atoms with E-state index in [1.165, 1.54) is 11.3 Å². The molecule has 6 heteroatoms. The van der Waals surface area contributed by atoms with Gasteiger partial charge in [-0.1, -0.05) is 19.3 Å². The van der Waals surface area contributed by atoms with Gasteiger partial charge in [0.1, 0.15) is 0 Å². The number of halogens is 3. The third-order valence-corrected chi connectivity index (χ3v) is 4.79. The summed E-state index contributed by atoms with van der Waals surface area (Å²) in [6.45, 7) is 1.19. The van der Waals surface area contributed by atoms with Crippen LogP contribution in [0.2, 0.25) is 0 Å². The van der Waals surface area contributed by atoms with Crippen molar-refractivity contribution in [1.29, 1.82) is 0 Å². The Labute approximate surface area is 117 Å². The summed E-state index contributed by atoms with van der Waals surface area (Å²) < 4.78 is 38.8. The van der Waals surface area contributed by atoms with Crippen LogP contribution in [0.4, 0.5) is 13.2 Å². The van der Waals surface area contributed by atoms with Crippen LogP contribution >= 0.6 is 0 Å². The van der Waals surface area contributed by atoms with Gasteiger partial charge in [0.05, 0.1) is 0 Å². The number of nitrogens with zero attached hydrogens (tertiary/aromatic N) is 1. The lowest BCUT2D eigenvalue weighted by atomic mass is 9.82. The fraction of sp³-hybridized carbons (Fsp3) is 0.929. The van der Waals surface area contributed by atoms with Crippen LogP contribution in [0.25, 0.3) is 0 Å². The van der Waals surface area contributed by atoms with E-state index in [0.29, 0.717) is 12.5 Å². The van der Waals surface area contributed by atoms with Crippen molar-refractivity contribution < 1.29 is 18.0 Å². The molecule has 1 aliphatic heterocycles. The van der Waals surface area contributed by atoms with Gasteiger partial charge in [0.25, 0.3) is 5.91 Å². The molecule has 1 aliphatic carbocycles. The average molecular weight is 292 g/mol. The molecule has 2 atom stereocenters. The summed E-state index contributed by atoms with van der Waals surface area (Å²) in [5.74, 6) is -0.614. The van der Waals surface area contributed by atoms with Crippen LogP contribution in [0.3, 0.4) is 0 Å². The van der Waals surface area contributed by atoms with Gasteiger partial charge in [-0.15, -0.1) is 0 Å². The van der Waals surface area contributed by atoms with Crippen molar-refractivity contribution >= 4 is 5.91 Å². The molecule has 0 aromatic carbocycles. The number of hydrogen-bond donors (Lipinski definition) is 1. The second-order valence-electron chi connectivity index (χ2n) is 6.31. The molecule has 2 fully saturated rings. The van der Waals surface area contributed by atoms with E-state index in [-0.39, 0.29) is 6.04 Å². The van der Waals surface area contributed by atoms with E-state index in [0.717, 1.165) is 45.4 Å². The lowest BCUT2D eigenvalue weighted by Crippen LogP contribution is -2.63. The molecule has 2 rings (SSSR count). The van der Waals surface area contributed by atoms with Crippen molar-refractivity contribution in [2.24, 2.45) is 11.7 Å². The second kappa shape index (κ2) is 5.54. The van der Waals surface area contributed by atoms with Gasteiger partial charge in [0.2, 0.25) is 0 Å². The number of carbonyl (C=O) groups excluding carboxylic acids is 1. The van der Waals surface area contributed by atoms with E-state index in [2.05, 4.69) is 0 Å². The van der Waals surface area contributed by atoms with Gasteiger partial charge in [-0.3, -0.25) is 4.79 Å². The molecule has 2 N–H and O–H groups in total. The summed E-state index contributed by atoms with van der Waals surface area (Å²) in [6.07, 6.45) is 2.33. The molecule has 0 radical (unpaired) electrons. The SMILES string of the molecule is CC(N)(C(=O)N1CCCC1C1CCCCC1)C(F)(F)F. The fourth-order valence-electron chi connectivity index (χ4n) is 3.47. The van der Waals surface area contributed by atoms with Crippen LogP contribution in [0.15, 0.2) is 0 Å². The lowest BCUT2D eigenvalue weighted by molar-refractivity contribution is -0.194. The van der Waals surface area contributed by atoms with Crippen LogP contribution in [-0.2, 0) is 4.79 Å². The van der Waals surface area contributed by atoms with Crippen molar-refractivity contribution in [2.75, 3.05) is 6.54 Å². The summed E-state index contributed by atoms with van der Waals surface area (Å²) in [5.41, 5.74) is 2.52. The molecule has 0 bridgehead atoms. The maximum Gasteiger partial charge on any atom is 0.415 e. The summed E-state index contributed by atoms with van der Waals surface area (Å²) in [4.78, 5) is 13.7. The van der Waals surface area contributed by atoms with Gasteiger partial charge in [-0.2, -0.15) is 13.2 Å². The topological polar surface area (TPSA) is 46.3 Å². The minimum Gasteiger partial charge on any atom is -0.338 e. The highest BCUT2D eigenvalue weighted by atomic mass is 19.4. The van der Waals surface area contributed by atoms with Crippen LogP contribution in [-0.4, -0.2) is 35.1 Å². The van der Waals surface area contributed by atoms with Gasteiger partial charge in [-0.25, -0.2) is 0 Å². The van der Waals surface area contributed by atoms with Crippen molar-refractivity contribution in [3.8, 4) is 0 Å². The normalized spacial score (nSPS) is 28.4. The van der Waals surface area contributed by atoms with Crippen LogP contribution in [0.1, 0.15) is 51.9 Å². The number of nitrogens with two attached hydrogens (primary N) is 1. The number of hydrogen-bond acceptors (Lipinski definition) is 2. The Morgan fingerprint density at radius 1 is 1.10 bits per heavy atom. The smallest absolute Gasteiger partial charge is 0.338 e. The number of likely N-dealkylation sites (tertiary alicyclic amines) is 1. The van der Waals surface area contributed by atoms with E-state index in [1.807, 2.05) is 0 Å². The predicted molar refractivity (Wildman–Crippen MR) is 70.0 cm³/mol. The first kappa shape index (κ1) is 15.6. The minimum atomic E-state index is -4.70. The molecular weight excluding hydrogens is 269 g/mol. The van der Waals surface area contributed by atoms with Crippen LogP contribution < -0.4 is 5.73 Å². The van der Waals surface area contributed by atoms with Gasteiger partial charge < -0.3 is 10.6 Å². The highest BCUT2D eigenvalue weighted by Gasteiger charge is 2.56. The van der Waals surface area contributed by atoms with Crippen molar-refractivity contribution in [2.45, 2.75) is 69.6 Å². The Hall–Kier alpha value is -0.780. The second-order valence-corrected chi connectivity index (χ2v) is 6.31. The van der Waals surface area contributed by atoms with Crippen molar-refractivity contribution in [3.63, 3.8) is 0 Å². The molecule has 116 valence electrons. The zero-order valence-electron chi connectivity index (χ0n) is 11.9. The Morgan fingerprint density at radius 3 is 2.25 bits per heavy atom. The molecule has 0 aromatic rings. The molecule has 1 saturated heterocycles. The van der Waals surface area contributed by atoms with Gasteiger partial charge in [0.15, 0.2) is 5.54 Å². The van der Waals surface area contributed by atoms with E-state index in [9.17, 15) is 18.0 Å². The van der Waals surface area contributed by atoms with Gasteiger partial charge in [-0.05, 0) is 38.5 Å². The maximum atomic E-state index is 12.9. The molecule has 2 aliphatic rings. The fourth-order valence-corrected chi connectivity index (χ4v) is 3.47. The zero-order chi connectivity index (χ0) is 15.0. The van der Waals surface area contributed by atoms with E-state index < -0.39 is 17.6 Å². The maximum absolute atomic E-state index is 12.9. The molecule has 20 heavy (non-hydrogen) atoms. The first-order valence-corrected chi connectivity index (χ1v) is 7.42. The molecule has 2 unspecified atom stereocenters. The van der Waals surface area contributed by atoms with Gasteiger partial charge in [0, 0.05) is 12.6 Å². The Balaban J connectivity index is 2.12. The Morgan fingerprint density at radius 2 is 1.70 bits per heavy atom. The summed E-state index contributed by atoms with van der Waals surface area (Å²) in [6, 6.07) is -0.0481. The van der Waals surface area contributed by atoms with Crippen LogP contribution in [0, 0.1) is 5.92 Å². The Bertz CT molecular complexity index is 362. The van der Waals surface area contributed by atoms with E-state index in [4.69, 9.17) is 5.73 Å². The molecule has 1 heterocycles. The Kier molecular flexibility index (Phi) is 4.33. The molecular formula is C14H23F3N2O. The standard InChI is InChI=1S/C14H23F3N2O/c1-13(18,14(15,16)17)12(20)19-9-5-8-11(19)10-6-3-2-4-7-10/h10-11H,2-9,18H2,1H3. The molecule has 1 amide bonds. The highest BCUT2D eigenvalue weighted by Crippen LogP contribution is 2.37. The van der Waals surface area contributed by atoms with Gasteiger partial charge >= 0.3 is 6.18 Å². The third-order valence-electron chi connectivity index (χ3n) is 4.79. The quantitative estimate of drug-likeness (QED) is 0.850. The largest absolute Gasteiger partial charge is 0.415 e. The highest BCUT2D eigenvalue weighted by molar-refractivity contribution is 5.87. The molecule has 0 aromatic heterocycles. The molecule has 1 saturated carbocycles. The summed E-state index contributed by atoms with van der Waals surface area (Å²) in [7, 11) is 0. The molecule has 3 nitrogen and oxygen atoms in total. The van der Waals surface area contributed by atoms with Crippen molar-refractivity contribution in [3.05, 3.63) is 0 Å². The average Bonchev–Trinajstić information content (AvgIpc) is 2.86. The first-order chi connectivity index (χ1) is 9.25. The van der Waals surface area contributed by atoms with E-state index >= 15 is 0 Å². The van der Waals surface area contributed by atoms with E-state index in [1.54, 1.807) is 0 Å². The summed E-state index contributed by atoms with van der Waals surface area (Å²) in [5, 5.41) is 0. The van der Waals surface area contributed by atoms with Crippen molar-refractivity contribution in [1.82, 2.24) is 4.90 Å². The predicted octanol–water partition coefficient (Wildman–Crippen LogP) is 2.84. The third kappa shape index (κ3) is 2.80. The number of carbonyl (C=O) groups is 1. The molecule has 0 spiro atoms. The zero-order valence-corrected chi connectivity index (χ0v) is 11.9. The monoisotopic (exact) mass is 292 g/mol. The number of rotatable bonds is 2. The lowest BCUT2D eigenvalue weighted by Gasteiger charge is -2.38. The summed E-state index contributed by atoms with van der Waals surface area (Å²) >= 11 is 0. The minimum absolute atomic E-state index is 0.0481. The van der Waals surface area contributed by atoms with Crippen LogP contribution in [0.5, 0.6) is 0 Å². The first-order valence-electron chi connectivity index (χ1n) is 7.42. The number of alkyl halides is 3.